The zero-order valence-corrected chi connectivity index (χ0v) is 13.7. The van der Waals surface area contributed by atoms with Gasteiger partial charge in [0.25, 0.3) is 0 Å². The molecule has 0 radical (unpaired) electrons. The Morgan fingerprint density at radius 2 is 1.95 bits per heavy atom. The molecule has 0 aromatic carbocycles. The van der Waals surface area contributed by atoms with Gasteiger partial charge in [0.1, 0.15) is 6.10 Å². The van der Waals surface area contributed by atoms with Gasteiger partial charge >= 0.3 is 0 Å². The molecule has 1 saturated heterocycles. The number of aliphatic hydroxyl groups is 3. The maximum atomic E-state index is 9.91. The number of rotatable bonds is 8. The lowest BCUT2D eigenvalue weighted by molar-refractivity contribution is -0.273. The van der Waals surface area contributed by atoms with Crippen molar-refractivity contribution < 1.29 is 29.5 Å². The van der Waals surface area contributed by atoms with Crippen LogP contribution in [0.4, 0.5) is 0 Å². The van der Waals surface area contributed by atoms with Crippen LogP contribution in [-0.2, 0) is 14.2 Å². The van der Waals surface area contributed by atoms with Crippen molar-refractivity contribution in [3.05, 3.63) is 0 Å². The molecule has 1 saturated carbocycles. The summed E-state index contributed by atoms with van der Waals surface area (Å²) in [5.74, 6) is 0.740. The Labute approximate surface area is 132 Å². The normalized spacial score (nSPS) is 41.2. The lowest BCUT2D eigenvalue weighted by atomic mass is 10.0. The molecule has 22 heavy (non-hydrogen) atoms. The molecule has 6 heteroatoms. The summed E-state index contributed by atoms with van der Waals surface area (Å²) >= 11 is 0. The van der Waals surface area contributed by atoms with E-state index in [0.29, 0.717) is 12.5 Å². The minimum Gasteiger partial charge on any atom is -0.390 e. The molecule has 0 bridgehead atoms. The number of aliphatic hydroxyl groups excluding tert-OH is 3. The summed E-state index contributed by atoms with van der Waals surface area (Å²) in [6, 6.07) is 0. The van der Waals surface area contributed by atoms with E-state index in [-0.39, 0.29) is 24.5 Å². The molecule has 1 aliphatic carbocycles. The van der Waals surface area contributed by atoms with E-state index in [9.17, 15) is 15.3 Å². The van der Waals surface area contributed by atoms with Gasteiger partial charge in [-0.3, -0.25) is 0 Å². The summed E-state index contributed by atoms with van der Waals surface area (Å²) in [5, 5.41) is 29.3. The first-order valence-electron chi connectivity index (χ1n) is 8.39. The third kappa shape index (κ3) is 4.88. The maximum absolute atomic E-state index is 9.91. The second-order valence-corrected chi connectivity index (χ2v) is 6.61. The molecular weight excluding hydrogens is 288 g/mol. The van der Waals surface area contributed by atoms with Crippen molar-refractivity contribution in [2.75, 3.05) is 6.61 Å². The van der Waals surface area contributed by atoms with Crippen molar-refractivity contribution in [1.82, 2.24) is 0 Å². The molecule has 6 nitrogen and oxygen atoms in total. The third-order valence-electron chi connectivity index (χ3n) is 4.68. The summed E-state index contributed by atoms with van der Waals surface area (Å²) in [6.07, 6.45) is 0.000535. The van der Waals surface area contributed by atoms with E-state index in [1.54, 1.807) is 6.92 Å². The fraction of sp³-hybridized carbons (Fsp3) is 1.00. The van der Waals surface area contributed by atoms with Gasteiger partial charge in [0.05, 0.1) is 18.3 Å². The minimum absolute atomic E-state index is 0.0346. The van der Waals surface area contributed by atoms with Gasteiger partial charge in [0.2, 0.25) is 0 Å². The molecule has 0 aromatic rings. The second kappa shape index (κ2) is 8.04. The molecule has 2 rings (SSSR count). The highest BCUT2D eigenvalue weighted by atomic mass is 16.7. The van der Waals surface area contributed by atoms with E-state index in [2.05, 4.69) is 0 Å². The van der Waals surface area contributed by atoms with Gasteiger partial charge in [0, 0.05) is 18.9 Å². The maximum Gasteiger partial charge on any atom is 0.184 e. The Kier molecular flexibility index (Phi) is 6.61. The summed E-state index contributed by atoms with van der Waals surface area (Å²) in [6.45, 7) is 6.15. The zero-order chi connectivity index (χ0) is 16.3. The number of hydrogen-bond donors (Lipinski definition) is 3. The van der Waals surface area contributed by atoms with Gasteiger partial charge in [-0.15, -0.1) is 0 Å². The van der Waals surface area contributed by atoms with Crippen LogP contribution in [0.15, 0.2) is 0 Å². The van der Waals surface area contributed by atoms with E-state index in [4.69, 9.17) is 14.2 Å². The van der Waals surface area contributed by atoms with Gasteiger partial charge in [-0.05, 0) is 46.0 Å². The molecule has 8 atom stereocenters. The average Bonchev–Trinajstić information content (AvgIpc) is 3.22. The molecule has 0 spiro atoms. The van der Waals surface area contributed by atoms with Crippen LogP contribution < -0.4 is 0 Å². The van der Waals surface area contributed by atoms with Crippen molar-refractivity contribution in [3.63, 3.8) is 0 Å². The number of hydrogen-bond acceptors (Lipinski definition) is 6. The van der Waals surface area contributed by atoms with Gasteiger partial charge in [-0.2, -0.15) is 0 Å². The molecular formula is C16H30O6. The fourth-order valence-electron chi connectivity index (χ4n) is 3.06. The van der Waals surface area contributed by atoms with Crippen molar-refractivity contribution in [3.8, 4) is 0 Å². The van der Waals surface area contributed by atoms with Crippen LogP contribution in [0.3, 0.4) is 0 Å². The fourth-order valence-corrected chi connectivity index (χ4v) is 3.06. The molecule has 2 aliphatic rings. The van der Waals surface area contributed by atoms with E-state index >= 15 is 0 Å². The molecule has 130 valence electrons. The first kappa shape index (κ1) is 18.1. The van der Waals surface area contributed by atoms with E-state index in [1.165, 1.54) is 0 Å². The number of ether oxygens (including phenoxy) is 3. The topological polar surface area (TPSA) is 88.4 Å². The standard InChI is InChI=1S/C16H30O6/c1-4-20-15(19)12-7-11(12)6-5-9(2)21-16-14(18)8-13(17)10(3)22-16/h9-19H,4-8H2,1-3H3/t9-,10+,11+,12+,13-,14-,15?,16-/m1/s1. The van der Waals surface area contributed by atoms with Crippen molar-refractivity contribution >= 4 is 0 Å². The Balaban J connectivity index is 1.65. The first-order valence-corrected chi connectivity index (χ1v) is 8.39. The largest absolute Gasteiger partial charge is 0.390 e. The van der Waals surface area contributed by atoms with Gasteiger partial charge < -0.3 is 29.5 Å². The Morgan fingerprint density at radius 3 is 2.64 bits per heavy atom. The van der Waals surface area contributed by atoms with Crippen LogP contribution in [0.25, 0.3) is 0 Å². The van der Waals surface area contributed by atoms with Gasteiger partial charge in [-0.25, -0.2) is 0 Å². The molecule has 1 unspecified atom stereocenters. The molecule has 2 fully saturated rings. The van der Waals surface area contributed by atoms with Crippen LogP contribution in [0.5, 0.6) is 0 Å². The van der Waals surface area contributed by atoms with E-state index < -0.39 is 24.8 Å². The molecule has 0 aromatic heterocycles. The van der Waals surface area contributed by atoms with Gasteiger partial charge in [0.15, 0.2) is 12.6 Å². The Morgan fingerprint density at radius 1 is 1.23 bits per heavy atom. The first-order chi connectivity index (χ1) is 10.4. The van der Waals surface area contributed by atoms with Crippen LogP contribution in [-0.4, -0.2) is 58.9 Å². The van der Waals surface area contributed by atoms with E-state index in [0.717, 1.165) is 19.3 Å². The van der Waals surface area contributed by atoms with Crippen LogP contribution >= 0.6 is 0 Å². The lowest BCUT2D eigenvalue weighted by Crippen LogP contribution is -2.48. The molecule has 3 N–H and O–H groups in total. The smallest absolute Gasteiger partial charge is 0.184 e. The van der Waals surface area contributed by atoms with Crippen molar-refractivity contribution in [1.29, 1.82) is 0 Å². The van der Waals surface area contributed by atoms with Crippen LogP contribution in [0.1, 0.15) is 46.5 Å². The average molecular weight is 318 g/mol. The highest BCUT2D eigenvalue weighted by Crippen LogP contribution is 2.45. The molecule has 0 amide bonds. The summed E-state index contributed by atoms with van der Waals surface area (Å²) in [5.41, 5.74) is 0. The summed E-state index contributed by atoms with van der Waals surface area (Å²) < 4.78 is 16.5. The minimum atomic E-state index is -0.790. The molecule has 1 aliphatic heterocycles. The quantitative estimate of drug-likeness (QED) is 0.579. The predicted octanol–water partition coefficient (Wildman–Crippen LogP) is 1.02. The predicted molar refractivity (Wildman–Crippen MR) is 80.0 cm³/mol. The Bertz CT molecular complexity index is 339. The summed E-state index contributed by atoms with van der Waals surface area (Å²) in [4.78, 5) is 0. The molecule has 1 heterocycles. The van der Waals surface area contributed by atoms with Gasteiger partial charge in [-0.1, -0.05) is 0 Å². The highest BCUT2D eigenvalue weighted by Gasteiger charge is 2.43. The van der Waals surface area contributed by atoms with Crippen molar-refractivity contribution in [2.24, 2.45) is 11.8 Å². The zero-order valence-electron chi connectivity index (χ0n) is 13.7. The van der Waals surface area contributed by atoms with Crippen LogP contribution in [0, 0.1) is 11.8 Å². The third-order valence-corrected chi connectivity index (χ3v) is 4.68. The Hall–Kier alpha value is -0.240. The summed E-state index contributed by atoms with van der Waals surface area (Å²) in [7, 11) is 0. The highest BCUT2D eigenvalue weighted by molar-refractivity contribution is 4.88. The monoisotopic (exact) mass is 318 g/mol. The lowest BCUT2D eigenvalue weighted by Gasteiger charge is -2.36. The second-order valence-electron chi connectivity index (χ2n) is 6.61. The van der Waals surface area contributed by atoms with Crippen molar-refractivity contribution in [2.45, 2.75) is 83.5 Å². The van der Waals surface area contributed by atoms with E-state index in [1.807, 2.05) is 13.8 Å². The van der Waals surface area contributed by atoms with Crippen LogP contribution in [0.2, 0.25) is 0 Å². The SMILES string of the molecule is CCOC(O)[C@H]1C[C@@H]1CC[C@@H](C)O[C@@H]1O[C@@H](C)[C@H](O)C[C@H]1O.